The van der Waals surface area contributed by atoms with Gasteiger partial charge < -0.3 is 20.3 Å². The van der Waals surface area contributed by atoms with Crippen LogP contribution in [-0.2, 0) is 14.3 Å². The number of aliphatic hydroxyl groups excluding tert-OH is 2. The Labute approximate surface area is 461 Å². The zero-order chi connectivity index (χ0) is 53.6. The van der Waals surface area contributed by atoms with Crippen LogP contribution in [0.4, 0.5) is 0 Å². The van der Waals surface area contributed by atoms with Gasteiger partial charge in [-0.15, -0.1) is 0 Å². The summed E-state index contributed by atoms with van der Waals surface area (Å²) in [5.41, 5.74) is 0. The smallest absolute Gasteiger partial charge is 0.305 e. The van der Waals surface area contributed by atoms with Crippen LogP contribution >= 0.6 is 0 Å². The average molecular weight is 1040 g/mol. The number of hydrogen-bond acceptors (Lipinski definition) is 5. The van der Waals surface area contributed by atoms with E-state index in [4.69, 9.17) is 4.74 Å². The topological polar surface area (TPSA) is 95.9 Å². The van der Waals surface area contributed by atoms with Crippen LogP contribution in [0, 0.1) is 0 Å². The lowest BCUT2D eigenvalue weighted by molar-refractivity contribution is -0.143. The molecule has 0 aliphatic heterocycles. The largest absolute Gasteiger partial charge is 0.466 e. The molecule has 3 N–H and O–H groups in total. The Hall–Kier alpha value is -2.18. The number of amides is 1. The molecule has 0 heterocycles. The number of esters is 1. The van der Waals surface area contributed by atoms with E-state index in [2.05, 4.69) is 55.6 Å². The fourth-order valence-corrected chi connectivity index (χ4v) is 10.0. The molecule has 0 saturated heterocycles. The van der Waals surface area contributed by atoms with Gasteiger partial charge in [-0.05, 0) is 89.9 Å². The minimum absolute atomic E-state index is 0.00437. The minimum atomic E-state index is -0.842. The van der Waals surface area contributed by atoms with E-state index in [9.17, 15) is 19.8 Å². The lowest BCUT2D eigenvalue weighted by Gasteiger charge is -2.20. The summed E-state index contributed by atoms with van der Waals surface area (Å²) in [5.74, 6) is -0.0624. The third-order valence-corrected chi connectivity index (χ3v) is 15.1. The lowest BCUT2D eigenvalue weighted by atomic mass is 10.0. The van der Waals surface area contributed by atoms with Gasteiger partial charge in [0, 0.05) is 12.8 Å². The van der Waals surface area contributed by atoms with E-state index in [1.165, 1.54) is 270 Å². The summed E-state index contributed by atoms with van der Waals surface area (Å²) in [4.78, 5) is 24.5. The van der Waals surface area contributed by atoms with E-state index in [0.717, 1.165) is 51.4 Å². The second kappa shape index (κ2) is 63.4. The van der Waals surface area contributed by atoms with Gasteiger partial charge in [-0.25, -0.2) is 0 Å². The van der Waals surface area contributed by atoms with E-state index in [-0.39, 0.29) is 18.5 Å². The van der Waals surface area contributed by atoms with Gasteiger partial charge in [0.15, 0.2) is 0 Å². The molecule has 74 heavy (non-hydrogen) atoms. The number of hydrogen-bond donors (Lipinski definition) is 3. The molecule has 0 aliphatic rings. The number of aliphatic hydroxyl groups is 2. The molecule has 0 radical (unpaired) electrons. The molecule has 0 saturated carbocycles. The summed E-state index contributed by atoms with van der Waals surface area (Å²) in [6, 6.07) is -0.625. The van der Waals surface area contributed by atoms with Crippen LogP contribution in [0.3, 0.4) is 0 Å². The Bertz CT molecular complexity index is 1240. The fraction of sp³-hybridized carbons (Fsp3) is 0.853. The Morgan fingerprint density at radius 3 is 1.05 bits per heavy atom. The zero-order valence-corrected chi connectivity index (χ0v) is 49.6. The molecule has 0 aromatic heterocycles. The van der Waals surface area contributed by atoms with Gasteiger partial charge in [-0.3, -0.25) is 9.59 Å². The van der Waals surface area contributed by atoms with E-state index in [0.29, 0.717) is 19.4 Å². The molecule has 2 atom stereocenters. The highest BCUT2D eigenvalue weighted by molar-refractivity contribution is 5.76. The maximum Gasteiger partial charge on any atom is 0.305 e. The van der Waals surface area contributed by atoms with Crippen molar-refractivity contribution >= 4 is 11.9 Å². The van der Waals surface area contributed by atoms with Crippen molar-refractivity contribution in [1.29, 1.82) is 0 Å². The van der Waals surface area contributed by atoms with Crippen LogP contribution in [0.2, 0.25) is 0 Å². The highest BCUT2D eigenvalue weighted by atomic mass is 16.5. The van der Waals surface area contributed by atoms with Gasteiger partial charge in [0.1, 0.15) is 0 Å². The van der Waals surface area contributed by atoms with Crippen molar-refractivity contribution in [3.8, 4) is 0 Å². The lowest BCUT2D eigenvalue weighted by Crippen LogP contribution is -2.45. The molecule has 0 aliphatic carbocycles. The zero-order valence-electron chi connectivity index (χ0n) is 49.6. The summed E-state index contributed by atoms with van der Waals surface area (Å²) < 4.78 is 5.47. The molecule has 0 rings (SSSR count). The van der Waals surface area contributed by atoms with E-state index < -0.39 is 12.1 Å². The first-order chi connectivity index (χ1) is 36.5. The van der Waals surface area contributed by atoms with Crippen molar-refractivity contribution in [2.45, 2.75) is 360 Å². The van der Waals surface area contributed by atoms with Crippen molar-refractivity contribution < 1.29 is 24.5 Å². The molecule has 0 spiro atoms. The molecular weight excluding hydrogens is 911 g/mol. The van der Waals surface area contributed by atoms with Gasteiger partial charge in [0.25, 0.3) is 0 Å². The monoisotopic (exact) mass is 1040 g/mol. The molecular formula is C68H127NO5. The van der Waals surface area contributed by atoms with Crippen molar-refractivity contribution in [2.24, 2.45) is 0 Å². The van der Waals surface area contributed by atoms with Crippen LogP contribution in [0.1, 0.15) is 348 Å². The Morgan fingerprint density at radius 2 is 0.676 bits per heavy atom. The molecule has 0 fully saturated rings. The predicted molar refractivity (Wildman–Crippen MR) is 324 cm³/mol. The molecule has 434 valence electrons. The molecule has 2 unspecified atom stereocenters. The van der Waals surface area contributed by atoms with Crippen LogP contribution in [0.25, 0.3) is 0 Å². The predicted octanol–water partition coefficient (Wildman–Crippen LogP) is 20.9. The quantitative estimate of drug-likeness (QED) is 0.0320. The van der Waals surface area contributed by atoms with E-state index in [1.54, 1.807) is 6.08 Å². The third-order valence-electron chi connectivity index (χ3n) is 15.1. The minimum Gasteiger partial charge on any atom is -0.466 e. The van der Waals surface area contributed by atoms with Crippen LogP contribution < -0.4 is 5.32 Å². The summed E-state index contributed by atoms with van der Waals surface area (Å²) in [6.45, 7) is 4.88. The molecule has 6 heteroatoms. The first-order valence-electron chi connectivity index (χ1n) is 32.9. The summed E-state index contributed by atoms with van der Waals surface area (Å²) in [7, 11) is 0. The first kappa shape index (κ1) is 71.8. The standard InChI is InChI=1S/C68H127NO5/c1-3-5-7-9-11-13-15-37-42-46-50-54-58-62-68(73)74-63-59-55-51-47-43-39-36-34-32-30-28-26-24-22-20-18-16-17-19-21-23-25-27-29-31-33-35-38-41-45-49-53-57-61-67(72)69-65(64-70)66(71)60-56-52-48-44-40-14-12-10-8-6-4-2/h13,15,20,22,26,28,56,60,65-66,70-71H,3-12,14,16-19,21,23-25,27,29-55,57-59,61-64H2,1-2H3,(H,69,72)/b15-13-,22-20-,28-26-,60-56+. The molecule has 0 aromatic carbocycles. The van der Waals surface area contributed by atoms with Crippen molar-refractivity contribution in [2.75, 3.05) is 13.2 Å². The number of allylic oxidation sites excluding steroid dienone is 7. The maximum atomic E-state index is 12.4. The second-order valence-corrected chi connectivity index (χ2v) is 22.4. The fourth-order valence-electron chi connectivity index (χ4n) is 10.0. The van der Waals surface area contributed by atoms with E-state index in [1.807, 2.05) is 6.08 Å². The second-order valence-electron chi connectivity index (χ2n) is 22.4. The number of carbonyl (C=O) groups excluding carboxylic acids is 2. The Balaban J connectivity index is 3.38. The van der Waals surface area contributed by atoms with E-state index >= 15 is 0 Å². The van der Waals surface area contributed by atoms with Crippen LogP contribution in [0.15, 0.2) is 48.6 Å². The number of carbonyl (C=O) groups is 2. The Morgan fingerprint density at radius 1 is 0.378 bits per heavy atom. The molecule has 0 aromatic rings. The van der Waals surface area contributed by atoms with Crippen LogP contribution in [0.5, 0.6) is 0 Å². The highest BCUT2D eigenvalue weighted by Gasteiger charge is 2.18. The van der Waals surface area contributed by atoms with Crippen molar-refractivity contribution in [3.05, 3.63) is 48.6 Å². The first-order valence-corrected chi connectivity index (χ1v) is 32.9. The number of ether oxygens (including phenoxy) is 1. The molecule has 1 amide bonds. The normalized spacial score (nSPS) is 12.9. The number of rotatable bonds is 61. The average Bonchev–Trinajstić information content (AvgIpc) is 3.40. The summed E-state index contributed by atoms with van der Waals surface area (Å²) in [6.07, 6.45) is 81.8. The van der Waals surface area contributed by atoms with Gasteiger partial charge in [-0.1, -0.05) is 294 Å². The van der Waals surface area contributed by atoms with Gasteiger partial charge in [0.2, 0.25) is 5.91 Å². The van der Waals surface area contributed by atoms with Gasteiger partial charge in [0.05, 0.1) is 25.4 Å². The Kier molecular flexibility index (Phi) is 61.5. The number of nitrogens with one attached hydrogen (secondary N) is 1. The van der Waals surface area contributed by atoms with Gasteiger partial charge >= 0.3 is 5.97 Å². The molecule has 0 bridgehead atoms. The third kappa shape index (κ3) is 59.1. The SMILES string of the molecule is CCCCCC/C=C\CCCCCCCC(=O)OCCCCCCCCCCC/C=C\C/C=C\CCCCCCCCCCCCCCCCCCCC(=O)NC(CO)C(O)/C=C/CCCCCCCCCCC. The molecule has 6 nitrogen and oxygen atoms in total. The summed E-state index contributed by atoms with van der Waals surface area (Å²) in [5, 5.41) is 23.0. The van der Waals surface area contributed by atoms with Crippen molar-refractivity contribution in [1.82, 2.24) is 5.32 Å². The number of unbranched alkanes of at least 4 members (excludes halogenated alkanes) is 44. The van der Waals surface area contributed by atoms with Gasteiger partial charge in [-0.2, -0.15) is 0 Å². The summed E-state index contributed by atoms with van der Waals surface area (Å²) >= 11 is 0. The van der Waals surface area contributed by atoms with Crippen LogP contribution in [-0.4, -0.2) is 47.4 Å². The van der Waals surface area contributed by atoms with Crippen molar-refractivity contribution in [3.63, 3.8) is 0 Å². The highest BCUT2D eigenvalue weighted by Crippen LogP contribution is 2.17. The maximum absolute atomic E-state index is 12.4.